The fourth-order valence-corrected chi connectivity index (χ4v) is 2.36. The first-order valence-electron chi connectivity index (χ1n) is 8.67. The van der Waals surface area contributed by atoms with Gasteiger partial charge in [0.05, 0.1) is 25.7 Å². The van der Waals surface area contributed by atoms with Crippen LogP contribution in [0.1, 0.15) is 55.8 Å². The average Bonchev–Trinajstić information content (AvgIpc) is 2.59. The molecule has 0 aromatic heterocycles. The predicted octanol–water partition coefficient (Wildman–Crippen LogP) is 3.34. The summed E-state index contributed by atoms with van der Waals surface area (Å²) in [6, 6.07) is 8.51. The van der Waals surface area contributed by atoms with Crippen molar-refractivity contribution in [1.29, 1.82) is 0 Å². The number of benzene rings is 1. The van der Waals surface area contributed by atoms with Crippen molar-refractivity contribution in [1.82, 2.24) is 5.32 Å². The van der Waals surface area contributed by atoms with E-state index in [9.17, 15) is 9.59 Å². The number of rotatable bonds is 12. The summed E-state index contributed by atoms with van der Waals surface area (Å²) < 4.78 is 10.3. The third-order valence-electron chi connectivity index (χ3n) is 3.66. The lowest BCUT2D eigenvalue weighted by Crippen LogP contribution is -2.40. The van der Waals surface area contributed by atoms with E-state index in [-0.39, 0.29) is 24.9 Å². The molecule has 0 aliphatic heterocycles. The molecule has 0 aliphatic carbocycles. The van der Waals surface area contributed by atoms with Crippen LogP contribution in [0.4, 0.5) is 0 Å². The van der Waals surface area contributed by atoms with Crippen molar-refractivity contribution < 1.29 is 19.1 Å². The van der Waals surface area contributed by atoms with Crippen LogP contribution in [-0.2, 0) is 14.3 Å². The quantitative estimate of drug-likeness (QED) is 0.470. The van der Waals surface area contributed by atoms with Crippen molar-refractivity contribution in [3.05, 3.63) is 35.9 Å². The number of nitrogens with one attached hydrogen (secondary N) is 1. The molecule has 0 saturated heterocycles. The van der Waals surface area contributed by atoms with Crippen molar-refractivity contribution in [2.24, 2.45) is 0 Å². The third-order valence-corrected chi connectivity index (χ3v) is 3.66. The molecule has 0 heterocycles. The number of carbonyl (C=O) groups excluding carboxylic acids is 2. The van der Waals surface area contributed by atoms with Crippen LogP contribution in [0.2, 0.25) is 0 Å². The lowest BCUT2D eigenvalue weighted by molar-refractivity contribution is -0.144. The second-order valence-corrected chi connectivity index (χ2v) is 5.83. The lowest BCUT2D eigenvalue weighted by atomic mass is 10.1. The molecule has 134 valence electrons. The summed E-state index contributed by atoms with van der Waals surface area (Å²) >= 11 is 0. The van der Waals surface area contributed by atoms with Crippen LogP contribution in [0.15, 0.2) is 30.3 Å². The zero-order valence-corrected chi connectivity index (χ0v) is 14.8. The number of esters is 1. The molecule has 1 unspecified atom stereocenters. The minimum atomic E-state index is -0.393. The monoisotopic (exact) mass is 335 g/mol. The highest BCUT2D eigenvalue weighted by Gasteiger charge is 2.18. The van der Waals surface area contributed by atoms with E-state index in [2.05, 4.69) is 12.2 Å². The zero-order chi connectivity index (χ0) is 17.6. The Morgan fingerprint density at radius 2 is 1.79 bits per heavy atom. The lowest BCUT2D eigenvalue weighted by Gasteiger charge is -2.17. The van der Waals surface area contributed by atoms with Gasteiger partial charge in [-0.15, -0.1) is 0 Å². The maximum absolute atomic E-state index is 12.2. The molecular formula is C19H29NO4. The number of hydrogen-bond acceptors (Lipinski definition) is 4. The molecule has 0 bridgehead atoms. The Kier molecular flexibility index (Phi) is 10.5. The normalized spacial score (nSPS) is 11.8. The highest BCUT2D eigenvalue weighted by atomic mass is 16.5. The number of methoxy groups -OCH3 is 1. The molecule has 24 heavy (non-hydrogen) atoms. The highest BCUT2D eigenvalue weighted by Crippen LogP contribution is 2.05. The predicted molar refractivity (Wildman–Crippen MR) is 93.9 cm³/mol. The number of ether oxygens (including phenoxy) is 2. The molecule has 0 radical (unpaired) electrons. The van der Waals surface area contributed by atoms with Crippen molar-refractivity contribution in [2.45, 2.75) is 51.5 Å². The van der Waals surface area contributed by atoms with E-state index >= 15 is 0 Å². The van der Waals surface area contributed by atoms with E-state index in [0.29, 0.717) is 12.2 Å². The van der Waals surface area contributed by atoms with Crippen LogP contribution in [0.3, 0.4) is 0 Å². The van der Waals surface area contributed by atoms with Crippen LogP contribution in [0.25, 0.3) is 0 Å². The summed E-state index contributed by atoms with van der Waals surface area (Å²) in [6.45, 7) is 2.87. The van der Waals surface area contributed by atoms with Crippen LogP contribution >= 0.6 is 0 Å². The van der Waals surface area contributed by atoms with Gasteiger partial charge in [0.15, 0.2) is 0 Å². The Bertz CT molecular complexity index is 476. The maximum Gasteiger partial charge on any atom is 0.307 e. The minimum absolute atomic E-state index is 0.112. The summed E-state index contributed by atoms with van der Waals surface area (Å²) in [5.41, 5.74) is 0.558. The first-order chi connectivity index (χ1) is 11.7. The topological polar surface area (TPSA) is 64.6 Å². The van der Waals surface area contributed by atoms with Gasteiger partial charge in [-0.2, -0.15) is 0 Å². The number of amides is 1. The summed E-state index contributed by atoms with van der Waals surface area (Å²) in [5.74, 6) is -0.522. The highest BCUT2D eigenvalue weighted by molar-refractivity contribution is 5.94. The second-order valence-electron chi connectivity index (χ2n) is 5.83. The molecule has 1 amide bonds. The maximum atomic E-state index is 12.2. The molecule has 1 N–H and O–H groups in total. The van der Waals surface area contributed by atoms with Gasteiger partial charge in [-0.3, -0.25) is 9.59 Å². The molecule has 1 rings (SSSR count). The van der Waals surface area contributed by atoms with Gasteiger partial charge in [0, 0.05) is 12.7 Å². The summed E-state index contributed by atoms with van der Waals surface area (Å²) in [4.78, 5) is 24.1. The Balaban J connectivity index is 2.34. The molecule has 0 spiro atoms. The largest absolute Gasteiger partial charge is 0.466 e. The Morgan fingerprint density at radius 3 is 2.46 bits per heavy atom. The van der Waals surface area contributed by atoms with Gasteiger partial charge in [-0.05, 0) is 18.6 Å². The van der Waals surface area contributed by atoms with Gasteiger partial charge in [-0.1, -0.05) is 50.8 Å². The van der Waals surface area contributed by atoms with E-state index < -0.39 is 6.04 Å². The van der Waals surface area contributed by atoms with Gasteiger partial charge >= 0.3 is 5.97 Å². The minimum Gasteiger partial charge on any atom is -0.466 e. The fourth-order valence-electron chi connectivity index (χ4n) is 2.36. The third kappa shape index (κ3) is 8.67. The molecule has 1 atom stereocenters. The SMILES string of the molecule is CCCCCCCOC(=O)CC(COC)NC(=O)c1ccccc1. The van der Waals surface area contributed by atoms with Crippen LogP contribution in [-0.4, -0.2) is 38.2 Å². The van der Waals surface area contributed by atoms with E-state index in [1.165, 1.54) is 19.3 Å². The Hall–Kier alpha value is -1.88. The van der Waals surface area contributed by atoms with Gasteiger partial charge in [0.1, 0.15) is 0 Å². The second kappa shape index (κ2) is 12.5. The van der Waals surface area contributed by atoms with Gasteiger partial charge in [0.25, 0.3) is 5.91 Å². The zero-order valence-electron chi connectivity index (χ0n) is 14.8. The standard InChI is InChI=1S/C19H29NO4/c1-3-4-5-6-10-13-24-18(21)14-17(15-23-2)20-19(22)16-11-8-7-9-12-16/h7-9,11-12,17H,3-6,10,13-15H2,1-2H3,(H,20,22). The van der Waals surface area contributed by atoms with Gasteiger partial charge in [0.2, 0.25) is 0 Å². The Labute approximate surface area is 144 Å². The number of unbranched alkanes of at least 4 members (excludes halogenated alkanes) is 4. The van der Waals surface area contributed by atoms with Gasteiger partial charge < -0.3 is 14.8 Å². The van der Waals surface area contributed by atoms with E-state index in [0.717, 1.165) is 12.8 Å². The summed E-state index contributed by atoms with van der Waals surface area (Å²) in [5, 5.41) is 2.82. The van der Waals surface area contributed by atoms with Crippen molar-refractivity contribution in [3.63, 3.8) is 0 Å². The molecule has 0 fully saturated rings. The van der Waals surface area contributed by atoms with E-state index in [1.807, 2.05) is 6.07 Å². The fraction of sp³-hybridized carbons (Fsp3) is 0.579. The number of carbonyl (C=O) groups is 2. The Morgan fingerprint density at radius 1 is 1.08 bits per heavy atom. The molecule has 5 heteroatoms. The van der Waals surface area contributed by atoms with Crippen LogP contribution < -0.4 is 5.32 Å². The summed E-state index contributed by atoms with van der Waals surface area (Å²) in [7, 11) is 1.54. The molecular weight excluding hydrogens is 306 g/mol. The van der Waals surface area contributed by atoms with Crippen LogP contribution in [0.5, 0.6) is 0 Å². The summed E-state index contributed by atoms with van der Waals surface area (Å²) in [6.07, 6.45) is 5.66. The van der Waals surface area contributed by atoms with Crippen molar-refractivity contribution in [2.75, 3.05) is 20.3 Å². The first-order valence-corrected chi connectivity index (χ1v) is 8.67. The average molecular weight is 335 g/mol. The van der Waals surface area contributed by atoms with E-state index in [4.69, 9.17) is 9.47 Å². The molecule has 0 aliphatic rings. The van der Waals surface area contributed by atoms with Crippen molar-refractivity contribution >= 4 is 11.9 Å². The molecule has 1 aromatic carbocycles. The molecule has 5 nitrogen and oxygen atoms in total. The number of hydrogen-bond donors (Lipinski definition) is 1. The van der Waals surface area contributed by atoms with Crippen LogP contribution in [0, 0.1) is 0 Å². The molecule has 1 aromatic rings. The van der Waals surface area contributed by atoms with E-state index in [1.54, 1.807) is 31.4 Å². The van der Waals surface area contributed by atoms with Gasteiger partial charge in [-0.25, -0.2) is 0 Å². The first kappa shape index (κ1) is 20.2. The smallest absolute Gasteiger partial charge is 0.307 e. The van der Waals surface area contributed by atoms with Crippen molar-refractivity contribution in [3.8, 4) is 0 Å². The molecule has 0 saturated carbocycles.